The monoisotopic (exact) mass is 2150 g/mol. The number of methoxy groups -OCH3 is 3. The smallest absolute Gasteiger partial charge is 0.229 e. The molecule has 0 aliphatic carbocycles. The van der Waals surface area contributed by atoms with Gasteiger partial charge in [0.1, 0.15) is 75.9 Å². The second-order valence-corrected chi connectivity index (χ2v) is 58.7. The number of rotatable bonds is 32. The Labute approximate surface area is 866 Å². The average molecular weight is 2150 g/mol. The molecule has 4 aliphatic heterocycles. The predicted molar refractivity (Wildman–Crippen MR) is 604 cm³/mol. The molecule has 4 fully saturated rings. The molecular weight excluding hydrogens is 2010 g/mol. The van der Waals surface area contributed by atoms with E-state index >= 15 is 0 Å². The van der Waals surface area contributed by atoms with Gasteiger partial charge in [0.25, 0.3) is 0 Å². The maximum atomic E-state index is 14.8. The van der Waals surface area contributed by atoms with Crippen molar-refractivity contribution >= 4 is 208 Å². The molecule has 0 radical (unpaired) electrons. The second-order valence-electron chi connectivity index (χ2n) is 38.7. The van der Waals surface area contributed by atoms with Crippen molar-refractivity contribution in [1.29, 1.82) is 0 Å². The Hall–Kier alpha value is -11.3. The van der Waals surface area contributed by atoms with Gasteiger partial charge >= 0.3 is 0 Å². The van der Waals surface area contributed by atoms with Gasteiger partial charge in [-0.2, -0.15) is 19.9 Å². The molecule has 0 atom stereocenters. The number of ether oxygens (including phenoxy) is 4. The number of para-hydroxylation sites is 3. The first-order valence-electron chi connectivity index (χ1n) is 48.1. The fourth-order valence-electron chi connectivity index (χ4n) is 16.9. The third kappa shape index (κ3) is 30.5. The molecule has 33 nitrogen and oxygen atoms in total. The maximum absolute atomic E-state index is 14.8. The topological polar surface area (TPSA) is 361 Å². The summed E-state index contributed by atoms with van der Waals surface area (Å²) in [5, 5.41) is 29.6. The molecule has 0 spiro atoms. The van der Waals surface area contributed by atoms with Gasteiger partial charge in [-0.15, -0.1) is 0 Å². The largest absolute Gasteiger partial charge is 0.495 e. The molecule has 0 unspecified atom stereocenters. The van der Waals surface area contributed by atoms with Gasteiger partial charge in [0.05, 0.1) is 97.7 Å². The van der Waals surface area contributed by atoms with Crippen molar-refractivity contribution in [1.82, 2.24) is 59.5 Å². The maximum Gasteiger partial charge on any atom is 0.229 e. The van der Waals surface area contributed by atoms with Crippen molar-refractivity contribution in [2.24, 2.45) is 0 Å². The zero-order valence-corrected chi connectivity index (χ0v) is 93.4. The van der Waals surface area contributed by atoms with Gasteiger partial charge in [0, 0.05) is 165 Å². The lowest BCUT2D eigenvalue weighted by Crippen LogP contribution is -2.53. The number of anilines is 19. The van der Waals surface area contributed by atoms with Crippen molar-refractivity contribution in [3.05, 3.63) is 210 Å². The highest BCUT2D eigenvalue weighted by Crippen LogP contribution is 2.47. The Kier molecular flexibility index (Phi) is 37.8. The predicted octanol–water partition coefficient (Wildman–Crippen LogP) is 19.9. The highest BCUT2D eigenvalue weighted by atomic mass is 35.5. The lowest BCUT2D eigenvalue weighted by atomic mass is 10.0. The number of aromatic nitrogens is 8. The van der Waals surface area contributed by atoms with E-state index in [2.05, 4.69) is 150 Å². The number of nitrogens with zero attached hydrogens (tertiary/aromatic N) is 15. The quantitative estimate of drug-likeness (QED) is 0.0182. The van der Waals surface area contributed by atoms with Crippen LogP contribution in [0.25, 0.3) is 0 Å². The van der Waals surface area contributed by atoms with E-state index in [0.29, 0.717) is 118 Å². The highest BCUT2D eigenvalue weighted by molar-refractivity contribution is 7.72. The molecule has 780 valence electrons. The van der Waals surface area contributed by atoms with Crippen LogP contribution in [0.2, 0.25) is 10.0 Å². The zero-order valence-electron chi connectivity index (χ0n) is 86.6. The lowest BCUT2D eigenvalue weighted by molar-refractivity contribution is 0.0878. The summed E-state index contributed by atoms with van der Waals surface area (Å²) < 4.78 is 128. The van der Waals surface area contributed by atoms with Crippen molar-refractivity contribution in [2.45, 2.75) is 45.8 Å². The number of benzene rings is 8. The van der Waals surface area contributed by atoms with Crippen molar-refractivity contribution < 1.29 is 55.1 Å². The molecule has 4 saturated heterocycles. The summed E-state index contributed by atoms with van der Waals surface area (Å²) in [5.41, 5.74) is 8.39. The van der Waals surface area contributed by atoms with Crippen LogP contribution in [0.15, 0.2) is 189 Å². The Morgan fingerprint density at radius 2 is 0.658 bits per heavy atom. The fourth-order valence-corrected chi connectivity index (χ4v) is 23.6. The van der Waals surface area contributed by atoms with E-state index in [-0.39, 0.29) is 29.6 Å². The van der Waals surface area contributed by atoms with Crippen LogP contribution in [-0.2, 0) is 27.4 Å². The molecule has 146 heavy (non-hydrogen) atoms. The van der Waals surface area contributed by atoms with Gasteiger partial charge in [-0.3, -0.25) is 4.90 Å². The number of hydrogen-bond acceptors (Lipinski definition) is 33. The fraction of sp³-hybridized carbons (Fsp3) is 0.379. The minimum absolute atomic E-state index is 0.00182. The number of piperazine rings is 3. The van der Waals surface area contributed by atoms with E-state index in [1.807, 2.05) is 111 Å². The van der Waals surface area contributed by atoms with Gasteiger partial charge in [0.2, 0.25) is 23.8 Å². The Balaban J connectivity index is 0.000000164. The summed E-state index contributed by atoms with van der Waals surface area (Å²) in [6.45, 7) is 42.3. The third-order valence-corrected chi connectivity index (χ3v) is 34.8. The van der Waals surface area contributed by atoms with Gasteiger partial charge in [0.15, 0.2) is 34.9 Å². The van der Waals surface area contributed by atoms with Crippen LogP contribution in [0.3, 0.4) is 0 Å². The zero-order chi connectivity index (χ0) is 105. The number of hydrogen-bond donors (Lipinski definition) is 8. The summed E-state index contributed by atoms with van der Waals surface area (Å²) >= 11 is 12.8. The summed E-state index contributed by atoms with van der Waals surface area (Å²) in [4.78, 5) is 51.5. The minimum atomic E-state index is -2.79. The minimum Gasteiger partial charge on any atom is -0.495 e. The Morgan fingerprint density at radius 1 is 0.349 bits per heavy atom. The summed E-state index contributed by atoms with van der Waals surface area (Å²) in [7, 11) is -6.39. The first kappa shape index (κ1) is 112. The Bertz CT molecular complexity index is 6880. The van der Waals surface area contributed by atoms with Gasteiger partial charge in [-0.05, 0) is 237 Å². The molecule has 16 rings (SSSR count). The lowest BCUT2D eigenvalue weighted by Gasteiger charge is -2.43. The first-order valence-corrected chi connectivity index (χ1v) is 64.5. The molecule has 12 aromatic rings. The normalized spacial score (nSPS) is 14.9. The second kappa shape index (κ2) is 49.3. The molecule has 4 aromatic heterocycles. The van der Waals surface area contributed by atoms with Crippen LogP contribution in [0.1, 0.15) is 33.6 Å². The van der Waals surface area contributed by atoms with Crippen LogP contribution in [0.4, 0.5) is 118 Å². The molecule has 8 heterocycles. The van der Waals surface area contributed by atoms with Crippen molar-refractivity contribution in [3.8, 4) is 23.0 Å². The number of piperidine rings is 1. The standard InChI is InChI=1S/C32H45ClN7O2P.C26H35FN6O3P2.C24H30FN6O2P.C21H25ClN4O3P2/c1-6-38-17-19-40(20-18-38)24-13-15-39(16-14-24)25-11-12-27(29(21-25)42-23(2)3)36-32-34-22-26(33)31(37-32)35-28-9-7-8-10-30(28)43(4,5)41;1-32-11-13-33(14-12-32)18-7-9-21(23(15-18)36-2)30-26-28-17-20(27)25(31-26)29-22-10-8-19(37(3,4)34)16-24(22)38(5,6)35;1-30-11-13-31(14-12-30)17-9-10-19(21(15-17)33-2)28-24-26-16-18(25)23(29-24)27-20-7-5-6-8-22(20)34(3,4)32;1-29-18-12-14(30(2,3)27)10-11-16(18)25-21-23-13-15(22)20(26-21)24-17-8-6-7-9-19(17)31(4,5)28/h7-12,21-24H,6,13-20H2,1-5H3,(H2,34,35,36,37);7-10,15-17H,11-14H2,1-6H3,(H2,28,29,30,31);5-10,15-16H,11-14H2,1-4H3,(H2,26,27,28,29);6-13H,1-5H3,(H2,23,24,25,26). The highest BCUT2D eigenvalue weighted by Gasteiger charge is 2.32. The molecule has 0 amide bonds. The van der Waals surface area contributed by atoms with Crippen molar-refractivity contribution in [3.63, 3.8) is 0 Å². The van der Waals surface area contributed by atoms with Crippen LogP contribution in [0.5, 0.6) is 23.0 Å². The average Bonchev–Trinajstić information content (AvgIpc) is 0.795. The van der Waals surface area contributed by atoms with Gasteiger partial charge < -0.3 is 118 Å². The van der Waals surface area contributed by atoms with Crippen molar-refractivity contribution in [2.75, 3.05) is 271 Å². The van der Waals surface area contributed by atoms with E-state index < -0.39 is 54.5 Å². The summed E-state index contributed by atoms with van der Waals surface area (Å²) in [6.07, 6.45) is 7.56. The molecule has 0 bridgehead atoms. The molecule has 0 saturated carbocycles. The van der Waals surface area contributed by atoms with Crippen LogP contribution < -0.4 is 108 Å². The van der Waals surface area contributed by atoms with Crippen LogP contribution in [-0.4, -0.2) is 285 Å². The Morgan fingerprint density at radius 3 is 1.01 bits per heavy atom. The molecule has 4 aliphatic rings. The molecule has 8 aromatic carbocycles. The molecular formula is C103H135Cl2F2N23O10P6. The number of likely N-dealkylation sites (N-methyl/N-ethyl adjacent to an activating group) is 3. The number of halogens is 4. The van der Waals surface area contributed by atoms with E-state index in [0.717, 1.165) is 123 Å². The van der Waals surface area contributed by atoms with Gasteiger partial charge in [-0.25, -0.2) is 28.7 Å². The number of nitrogens with one attached hydrogen (secondary N) is 8. The van der Waals surface area contributed by atoms with E-state index in [1.54, 1.807) is 162 Å². The third-order valence-electron chi connectivity index (χ3n) is 25.1. The van der Waals surface area contributed by atoms with E-state index in [9.17, 15) is 36.2 Å². The molecule has 43 heteroatoms. The van der Waals surface area contributed by atoms with E-state index in [4.69, 9.17) is 42.1 Å². The summed E-state index contributed by atoms with van der Waals surface area (Å²) in [6, 6.07) is 51.1. The SMILES string of the molecule is CCN1CCN(C2CCN(c3ccc(Nc4ncc(Cl)c(Nc5ccccc5P(C)(C)=O)n4)c(OC(C)C)c3)CC2)CC1.COc1cc(N2CCN(C)CC2)ccc1Nc1ncc(F)c(Nc2ccc(P(C)(C)=O)cc2P(C)(C)=O)n1.COc1cc(N2CCN(C)CC2)ccc1Nc1ncc(F)c(Nc2ccccc2P(C)(C)=O)n1.COc1cc(P(C)(C)=O)ccc1Nc1ncc(Cl)c(Nc2ccccc2P(C)(C)=O)n1. The summed E-state index contributed by atoms with van der Waals surface area (Å²) in [5.74, 6) is 3.04. The van der Waals surface area contributed by atoms with Crippen LogP contribution in [0, 0.1) is 11.6 Å². The first-order chi connectivity index (χ1) is 69.2. The van der Waals surface area contributed by atoms with Crippen LogP contribution >= 0.6 is 66.1 Å². The van der Waals surface area contributed by atoms with E-state index in [1.165, 1.54) is 45.2 Å². The van der Waals surface area contributed by atoms with Gasteiger partial charge in [-0.1, -0.05) is 66.5 Å². The molecule has 8 N–H and O–H groups in total.